The first-order valence-corrected chi connectivity index (χ1v) is 12.1. The van der Waals surface area contributed by atoms with Crippen molar-refractivity contribution in [2.45, 2.75) is 9.79 Å². The molecule has 0 amide bonds. The number of nitrogens with two attached hydrogens (primary N) is 1. The zero-order valence-electron chi connectivity index (χ0n) is 18.9. The lowest BCUT2D eigenvalue weighted by molar-refractivity contribution is 0.355. The lowest BCUT2D eigenvalue weighted by Crippen LogP contribution is -2.06. The van der Waals surface area contributed by atoms with Gasteiger partial charge in [0.2, 0.25) is 9.84 Å². The van der Waals surface area contributed by atoms with E-state index in [2.05, 4.69) is 15.1 Å². The summed E-state index contributed by atoms with van der Waals surface area (Å²) in [4.78, 5) is 9.20. The fourth-order valence-electron chi connectivity index (χ4n) is 3.78. The quantitative estimate of drug-likeness (QED) is 0.361. The Bertz CT molecular complexity index is 1700. The molecular weight excluding hydrogens is 466 g/mol. The van der Waals surface area contributed by atoms with Gasteiger partial charge in [-0.05, 0) is 48.0 Å². The largest absolute Gasteiger partial charge is 0.493 e. The van der Waals surface area contributed by atoms with Crippen molar-refractivity contribution in [3.63, 3.8) is 0 Å². The van der Waals surface area contributed by atoms with E-state index >= 15 is 0 Å². The van der Waals surface area contributed by atoms with Crippen molar-refractivity contribution >= 4 is 44.1 Å². The fourth-order valence-corrected chi connectivity index (χ4v) is 5.28. The monoisotopic (exact) mass is 487 g/mol. The Balaban J connectivity index is 1.75. The van der Waals surface area contributed by atoms with E-state index in [0.717, 1.165) is 0 Å². The van der Waals surface area contributed by atoms with Gasteiger partial charge in [-0.3, -0.25) is 0 Å². The molecule has 2 N–H and O–H groups in total. The van der Waals surface area contributed by atoms with E-state index < -0.39 is 9.84 Å². The first-order chi connectivity index (χ1) is 16.9. The first-order valence-electron chi connectivity index (χ1n) is 10.6. The maximum absolute atomic E-state index is 13.6. The molecule has 2 aromatic heterocycles. The number of rotatable bonds is 6. The molecule has 9 nitrogen and oxygen atoms in total. The molecule has 176 valence electrons. The number of hydrogen-bond acceptors (Lipinski definition) is 8. The van der Waals surface area contributed by atoms with E-state index in [9.17, 15) is 8.42 Å². The topological polar surface area (TPSA) is 122 Å². The average Bonchev–Trinajstić information content (AvgIpc) is 3.16. The van der Waals surface area contributed by atoms with Crippen LogP contribution in [0.15, 0.2) is 87.7 Å². The third kappa shape index (κ3) is 3.83. The minimum Gasteiger partial charge on any atom is -0.493 e. The molecule has 0 saturated heterocycles. The summed E-state index contributed by atoms with van der Waals surface area (Å²) in [6.07, 6.45) is 1.54. The zero-order valence-corrected chi connectivity index (χ0v) is 19.7. The molecule has 0 spiro atoms. The predicted octanol–water partition coefficient (Wildman–Crippen LogP) is 3.90. The third-order valence-electron chi connectivity index (χ3n) is 5.48. The van der Waals surface area contributed by atoms with Gasteiger partial charge in [-0.25, -0.2) is 18.4 Å². The van der Waals surface area contributed by atoms with Crippen LogP contribution >= 0.6 is 0 Å². The SMILES string of the molecule is COc1ccc(C=Nn2c(N)c(S(=O)(=O)c3ccccc3)c3nc4ccccc4nc32)cc1OC. The molecule has 0 fully saturated rings. The van der Waals surface area contributed by atoms with Gasteiger partial charge in [-0.1, -0.05) is 30.3 Å². The molecule has 0 unspecified atom stereocenters. The summed E-state index contributed by atoms with van der Waals surface area (Å²) >= 11 is 0. The van der Waals surface area contributed by atoms with Crippen molar-refractivity contribution < 1.29 is 17.9 Å². The number of para-hydroxylation sites is 2. The Morgan fingerprint density at radius 3 is 2.23 bits per heavy atom. The molecule has 5 rings (SSSR count). The van der Waals surface area contributed by atoms with E-state index in [1.807, 2.05) is 12.1 Å². The average molecular weight is 488 g/mol. The molecule has 5 aromatic rings. The van der Waals surface area contributed by atoms with Gasteiger partial charge < -0.3 is 15.2 Å². The first kappa shape index (κ1) is 22.4. The smallest absolute Gasteiger partial charge is 0.212 e. The van der Waals surface area contributed by atoms with Crippen molar-refractivity contribution in [2.75, 3.05) is 20.0 Å². The van der Waals surface area contributed by atoms with Crippen LogP contribution in [0.2, 0.25) is 0 Å². The number of nitrogens with zero attached hydrogens (tertiary/aromatic N) is 4. The van der Waals surface area contributed by atoms with Gasteiger partial charge >= 0.3 is 0 Å². The maximum Gasteiger partial charge on any atom is 0.212 e. The second-order valence-corrected chi connectivity index (χ2v) is 9.47. The summed E-state index contributed by atoms with van der Waals surface area (Å²) in [7, 11) is -0.915. The van der Waals surface area contributed by atoms with Crippen LogP contribution in [0.25, 0.3) is 22.2 Å². The summed E-state index contributed by atoms with van der Waals surface area (Å²) in [5, 5.41) is 4.47. The van der Waals surface area contributed by atoms with E-state index in [4.69, 9.17) is 15.2 Å². The van der Waals surface area contributed by atoms with Crippen LogP contribution in [-0.4, -0.2) is 43.5 Å². The van der Waals surface area contributed by atoms with Gasteiger partial charge in [0, 0.05) is 0 Å². The van der Waals surface area contributed by atoms with E-state index in [1.54, 1.807) is 55.6 Å². The lowest BCUT2D eigenvalue weighted by atomic mass is 10.2. The Kier molecular flexibility index (Phi) is 5.58. The number of nitrogen functional groups attached to an aromatic ring is 1. The van der Waals surface area contributed by atoms with Crippen molar-refractivity contribution in [1.82, 2.24) is 14.6 Å². The summed E-state index contributed by atoms with van der Waals surface area (Å²) in [6, 6.07) is 20.5. The predicted molar refractivity (Wildman–Crippen MR) is 134 cm³/mol. The van der Waals surface area contributed by atoms with Crippen LogP contribution in [-0.2, 0) is 9.84 Å². The van der Waals surface area contributed by atoms with Crippen LogP contribution in [0.4, 0.5) is 5.82 Å². The lowest BCUT2D eigenvalue weighted by Gasteiger charge is -2.07. The number of anilines is 1. The summed E-state index contributed by atoms with van der Waals surface area (Å²) in [6.45, 7) is 0. The second-order valence-electron chi connectivity index (χ2n) is 7.59. The molecule has 0 aliphatic heterocycles. The number of fused-ring (bicyclic) bond motifs is 2. The molecular formula is C25H21N5O4S. The number of aromatic nitrogens is 3. The maximum atomic E-state index is 13.6. The van der Waals surface area contributed by atoms with Gasteiger partial charge in [0.05, 0.1) is 36.4 Å². The molecule has 0 radical (unpaired) electrons. The normalized spacial score (nSPS) is 11.9. The summed E-state index contributed by atoms with van der Waals surface area (Å²) in [5.41, 5.74) is 8.61. The molecule has 0 aliphatic rings. The molecule has 10 heteroatoms. The number of hydrogen-bond donors (Lipinski definition) is 1. The molecule has 0 atom stereocenters. The van der Waals surface area contributed by atoms with Gasteiger partial charge in [0.25, 0.3) is 0 Å². The van der Waals surface area contributed by atoms with Crippen LogP contribution in [0.5, 0.6) is 11.5 Å². The standard InChI is InChI=1S/C25H21N5O4S/c1-33-20-13-12-16(14-21(20)34-2)15-27-30-24(26)23(35(31,32)17-8-4-3-5-9-17)22-25(30)29-19-11-7-6-10-18(19)28-22/h3-15H,26H2,1-2H3. The van der Waals surface area contributed by atoms with Crippen LogP contribution in [0.1, 0.15) is 5.56 Å². The highest BCUT2D eigenvalue weighted by Crippen LogP contribution is 2.35. The minimum atomic E-state index is -4.01. The summed E-state index contributed by atoms with van der Waals surface area (Å²) in [5.74, 6) is 1.01. The van der Waals surface area contributed by atoms with Crippen LogP contribution in [0, 0.1) is 0 Å². The van der Waals surface area contributed by atoms with Gasteiger partial charge in [0.1, 0.15) is 16.2 Å². The molecule has 0 bridgehead atoms. The number of methoxy groups -OCH3 is 2. The Labute approximate surface area is 201 Å². The number of benzene rings is 3. The Morgan fingerprint density at radius 2 is 1.54 bits per heavy atom. The van der Waals surface area contributed by atoms with E-state index in [0.29, 0.717) is 28.1 Å². The number of ether oxygens (including phenoxy) is 2. The summed E-state index contributed by atoms with van der Waals surface area (Å²) < 4.78 is 39.1. The van der Waals surface area contributed by atoms with Crippen molar-refractivity contribution in [1.29, 1.82) is 0 Å². The highest BCUT2D eigenvalue weighted by Gasteiger charge is 2.30. The van der Waals surface area contributed by atoms with Crippen molar-refractivity contribution in [3.05, 3.63) is 78.4 Å². The van der Waals surface area contributed by atoms with E-state index in [-0.39, 0.29) is 26.8 Å². The molecule has 0 aliphatic carbocycles. The molecule has 3 aromatic carbocycles. The number of sulfone groups is 1. The Morgan fingerprint density at radius 1 is 0.886 bits per heavy atom. The highest BCUT2D eigenvalue weighted by atomic mass is 32.2. The van der Waals surface area contributed by atoms with Gasteiger partial charge in [-0.15, -0.1) is 0 Å². The molecule has 35 heavy (non-hydrogen) atoms. The fraction of sp³-hybridized carbons (Fsp3) is 0.0800. The Hall–Kier alpha value is -4.44. The zero-order chi connectivity index (χ0) is 24.6. The van der Waals surface area contributed by atoms with Gasteiger partial charge in [0.15, 0.2) is 17.1 Å². The third-order valence-corrected chi connectivity index (χ3v) is 7.31. The minimum absolute atomic E-state index is 0.0871. The van der Waals surface area contributed by atoms with E-state index in [1.165, 1.54) is 30.1 Å². The van der Waals surface area contributed by atoms with Gasteiger partial charge in [-0.2, -0.15) is 9.78 Å². The highest BCUT2D eigenvalue weighted by molar-refractivity contribution is 7.92. The molecule has 0 saturated carbocycles. The van der Waals surface area contributed by atoms with Crippen LogP contribution in [0.3, 0.4) is 0 Å². The molecule has 2 heterocycles. The van der Waals surface area contributed by atoms with Crippen molar-refractivity contribution in [3.8, 4) is 11.5 Å². The second kappa shape index (κ2) is 8.73. The van der Waals surface area contributed by atoms with Crippen LogP contribution < -0.4 is 15.2 Å². The van der Waals surface area contributed by atoms with Crippen molar-refractivity contribution in [2.24, 2.45) is 5.10 Å².